The van der Waals surface area contributed by atoms with Gasteiger partial charge in [0.1, 0.15) is 0 Å². The number of hydrogen-bond acceptors (Lipinski definition) is 3. The predicted octanol–water partition coefficient (Wildman–Crippen LogP) is 4.39. The van der Waals surface area contributed by atoms with E-state index in [2.05, 4.69) is 9.47 Å². The molecule has 4 rings (SSSR count). The lowest BCUT2D eigenvalue weighted by atomic mass is 10.1. The summed E-state index contributed by atoms with van der Waals surface area (Å²) in [4.78, 5) is 29.7. The Kier molecular flexibility index (Phi) is 6.25. The number of Topliss-reactive ketones (excluding diaryl/α,β-unsaturated/α-hetero) is 1. The van der Waals surface area contributed by atoms with Crippen molar-refractivity contribution < 1.29 is 9.59 Å². The number of aryl methyl sites for hydroxylation is 1. The van der Waals surface area contributed by atoms with Crippen LogP contribution in [0.2, 0.25) is 5.02 Å². The average molecular weight is 436 g/mol. The van der Waals surface area contributed by atoms with E-state index in [4.69, 9.17) is 11.6 Å². The zero-order valence-electron chi connectivity index (χ0n) is 17.8. The van der Waals surface area contributed by atoms with Gasteiger partial charge >= 0.3 is 0 Å². The van der Waals surface area contributed by atoms with Crippen molar-refractivity contribution in [1.29, 1.82) is 0 Å². The number of carbonyl (C=O) groups is 2. The summed E-state index contributed by atoms with van der Waals surface area (Å²) in [6.45, 7) is 6.97. The van der Waals surface area contributed by atoms with E-state index in [-0.39, 0.29) is 11.7 Å². The highest BCUT2D eigenvalue weighted by Crippen LogP contribution is 2.22. The highest BCUT2D eigenvalue weighted by molar-refractivity contribution is 6.30. The Morgan fingerprint density at radius 3 is 2.19 bits per heavy atom. The normalized spacial score (nSPS) is 14.6. The van der Waals surface area contributed by atoms with Gasteiger partial charge in [0.2, 0.25) is 0 Å². The molecule has 0 atom stereocenters. The lowest BCUT2D eigenvalue weighted by molar-refractivity contribution is 0.0624. The highest BCUT2D eigenvalue weighted by atomic mass is 35.5. The molecule has 160 valence electrons. The van der Waals surface area contributed by atoms with E-state index in [1.54, 1.807) is 24.3 Å². The van der Waals surface area contributed by atoms with Crippen LogP contribution in [0.1, 0.15) is 32.1 Å². The Balaban J connectivity index is 1.38. The van der Waals surface area contributed by atoms with Crippen LogP contribution in [0.25, 0.3) is 5.69 Å². The molecule has 1 saturated heterocycles. The van der Waals surface area contributed by atoms with Crippen LogP contribution in [-0.2, 0) is 0 Å². The van der Waals surface area contributed by atoms with Crippen LogP contribution in [0.5, 0.6) is 0 Å². The number of para-hydroxylation sites is 1. The van der Waals surface area contributed by atoms with E-state index in [1.165, 1.54) is 0 Å². The van der Waals surface area contributed by atoms with Gasteiger partial charge in [-0.15, -0.1) is 0 Å². The summed E-state index contributed by atoms with van der Waals surface area (Å²) in [5.41, 5.74) is 4.48. The third-order valence-electron chi connectivity index (χ3n) is 5.86. The molecule has 5 nitrogen and oxygen atoms in total. The molecule has 0 saturated carbocycles. The quantitative estimate of drug-likeness (QED) is 0.558. The molecule has 0 N–H and O–H groups in total. The average Bonchev–Trinajstić information content (AvgIpc) is 3.09. The van der Waals surface area contributed by atoms with Crippen LogP contribution < -0.4 is 0 Å². The molecular weight excluding hydrogens is 410 g/mol. The van der Waals surface area contributed by atoms with E-state index >= 15 is 0 Å². The standard InChI is InChI=1S/C25H26ClN3O2/c1-18-16-23(19(2)29(18)22-6-4-3-5-7-22)24(30)17-27-12-14-28(15-13-27)25(31)20-8-10-21(26)11-9-20/h3-11,16H,12-15,17H2,1-2H3. The molecule has 6 heteroatoms. The maximum atomic E-state index is 13.1. The molecule has 31 heavy (non-hydrogen) atoms. The first-order valence-electron chi connectivity index (χ1n) is 10.5. The second-order valence-electron chi connectivity index (χ2n) is 7.95. The topological polar surface area (TPSA) is 45.6 Å². The second-order valence-corrected chi connectivity index (χ2v) is 8.39. The largest absolute Gasteiger partial charge is 0.336 e. The summed E-state index contributed by atoms with van der Waals surface area (Å²) < 4.78 is 2.12. The van der Waals surface area contributed by atoms with Crippen LogP contribution in [0.15, 0.2) is 60.7 Å². The van der Waals surface area contributed by atoms with Gasteiger partial charge in [-0.3, -0.25) is 14.5 Å². The number of nitrogens with zero attached hydrogens (tertiary/aromatic N) is 3. The van der Waals surface area contributed by atoms with E-state index in [9.17, 15) is 9.59 Å². The Morgan fingerprint density at radius 1 is 0.903 bits per heavy atom. The van der Waals surface area contributed by atoms with Gasteiger partial charge in [-0.1, -0.05) is 29.8 Å². The molecule has 0 radical (unpaired) electrons. The molecule has 0 unspecified atom stereocenters. The van der Waals surface area contributed by atoms with E-state index < -0.39 is 0 Å². The van der Waals surface area contributed by atoms with Crippen LogP contribution in [0.4, 0.5) is 0 Å². The molecule has 1 fully saturated rings. The highest BCUT2D eigenvalue weighted by Gasteiger charge is 2.25. The third-order valence-corrected chi connectivity index (χ3v) is 6.12. The molecule has 2 heterocycles. The van der Waals surface area contributed by atoms with Crippen molar-refractivity contribution in [3.8, 4) is 5.69 Å². The summed E-state index contributed by atoms with van der Waals surface area (Å²) in [5.74, 6) is 0.127. The van der Waals surface area contributed by atoms with E-state index in [1.807, 2.05) is 55.1 Å². The summed E-state index contributed by atoms with van der Waals surface area (Å²) in [6.07, 6.45) is 0. The van der Waals surface area contributed by atoms with Crippen LogP contribution >= 0.6 is 11.6 Å². The van der Waals surface area contributed by atoms with Gasteiger partial charge in [0.05, 0.1) is 6.54 Å². The van der Waals surface area contributed by atoms with Gasteiger partial charge in [0.15, 0.2) is 5.78 Å². The lowest BCUT2D eigenvalue weighted by Crippen LogP contribution is -2.49. The minimum Gasteiger partial charge on any atom is -0.336 e. The van der Waals surface area contributed by atoms with Crippen molar-refractivity contribution in [1.82, 2.24) is 14.4 Å². The zero-order chi connectivity index (χ0) is 22.0. The zero-order valence-corrected chi connectivity index (χ0v) is 18.6. The summed E-state index contributed by atoms with van der Waals surface area (Å²) in [5, 5.41) is 0.617. The number of piperazine rings is 1. The van der Waals surface area contributed by atoms with Crippen molar-refractivity contribution in [2.45, 2.75) is 13.8 Å². The number of benzene rings is 2. The van der Waals surface area contributed by atoms with Crippen molar-refractivity contribution in [3.05, 3.63) is 88.2 Å². The van der Waals surface area contributed by atoms with Crippen LogP contribution in [0, 0.1) is 13.8 Å². The Hall–Kier alpha value is -2.89. The first-order chi connectivity index (χ1) is 14.9. The monoisotopic (exact) mass is 435 g/mol. The molecule has 0 spiro atoms. The predicted molar refractivity (Wildman–Crippen MR) is 123 cm³/mol. The Bertz CT molecular complexity index is 1080. The summed E-state index contributed by atoms with van der Waals surface area (Å²) >= 11 is 5.91. The summed E-state index contributed by atoms with van der Waals surface area (Å²) in [6, 6.07) is 19.0. The number of amides is 1. The van der Waals surface area contributed by atoms with Crippen molar-refractivity contribution in [2.75, 3.05) is 32.7 Å². The SMILES string of the molecule is Cc1cc(C(=O)CN2CCN(C(=O)c3ccc(Cl)cc3)CC2)c(C)n1-c1ccccc1. The van der Waals surface area contributed by atoms with E-state index in [0.29, 0.717) is 43.3 Å². The first-order valence-corrected chi connectivity index (χ1v) is 10.9. The maximum Gasteiger partial charge on any atom is 0.253 e. The molecule has 2 aromatic carbocycles. The Labute approximate surface area is 187 Å². The van der Waals surface area contributed by atoms with Crippen molar-refractivity contribution >= 4 is 23.3 Å². The van der Waals surface area contributed by atoms with Crippen molar-refractivity contribution in [3.63, 3.8) is 0 Å². The first kappa shape index (κ1) is 21.3. The molecule has 0 bridgehead atoms. The fraction of sp³-hybridized carbons (Fsp3) is 0.280. The number of rotatable bonds is 5. The molecule has 0 aliphatic carbocycles. The fourth-order valence-electron chi connectivity index (χ4n) is 4.19. The number of carbonyl (C=O) groups excluding carboxylic acids is 2. The van der Waals surface area contributed by atoms with Gasteiger partial charge in [0.25, 0.3) is 5.91 Å². The Morgan fingerprint density at radius 2 is 1.55 bits per heavy atom. The number of hydrogen-bond donors (Lipinski definition) is 0. The molecule has 1 aromatic heterocycles. The van der Waals surface area contributed by atoms with Crippen LogP contribution in [0.3, 0.4) is 0 Å². The van der Waals surface area contributed by atoms with Crippen LogP contribution in [-0.4, -0.2) is 58.8 Å². The second kappa shape index (κ2) is 9.08. The lowest BCUT2D eigenvalue weighted by Gasteiger charge is -2.34. The smallest absolute Gasteiger partial charge is 0.253 e. The molecule has 1 aliphatic heterocycles. The van der Waals surface area contributed by atoms with E-state index in [0.717, 1.165) is 22.6 Å². The minimum absolute atomic E-state index is 0.00838. The van der Waals surface area contributed by atoms with Gasteiger partial charge in [-0.25, -0.2) is 0 Å². The van der Waals surface area contributed by atoms with Gasteiger partial charge in [-0.2, -0.15) is 0 Å². The molecular formula is C25H26ClN3O2. The van der Waals surface area contributed by atoms with Gasteiger partial charge in [-0.05, 0) is 56.3 Å². The van der Waals surface area contributed by atoms with Gasteiger partial charge < -0.3 is 9.47 Å². The molecule has 1 aliphatic rings. The minimum atomic E-state index is 0.00838. The summed E-state index contributed by atoms with van der Waals surface area (Å²) in [7, 11) is 0. The third kappa shape index (κ3) is 4.58. The molecule has 1 amide bonds. The molecule has 3 aromatic rings. The maximum absolute atomic E-state index is 13.1. The number of halogens is 1. The van der Waals surface area contributed by atoms with Gasteiger partial charge in [0, 0.05) is 59.4 Å². The van der Waals surface area contributed by atoms with Crippen molar-refractivity contribution in [2.24, 2.45) is 0 Å². The fourth-order valence-corrected chi connectivity index (χ4v) is 4.32. The number of ketones is 1. The number of aromatic nitrogens is 1.